The third-order valence-electron chi connectivity index (χ3n) is 6.30. The number of carbonyl (C=O) groups excluding carboxylic acids is 1. The summed E-state index contributed by atoms with van der Waals surface area (Å²) in [6.07, 6.45) is 5.70. The van der Waals surface area contributed by atoms with Crippen molar-refractivity contribution in [3.63, 3.8) is 0 Å². The van der Waals surface area contributed by atoms with E-state index in [-0.39, 0.29) is 23.9 Å². The minimum atomic E-state index is -0.256. The van der Waals surface area contributed by atoms with Crippen LogP contribution in [0, 0.1) is 0 Å². The topological polar surface area (TPSA) is 90.5 Å². The highest BCUT2D eigenvalue weighted by Crippen LogP contribution is 2.28. The van der Waals surface area contributed by atoms with Crippen molar-refractivity contribution in [1.82, 2.24) is 19.7 Å². The molecule has 2 aromatic carbocycles. The van der Waals surface area contributed by atoms with E-state index in [1.54, 1.807) is 30.5 Å². The number of piperidine rings is 1. The number of hydrogen-bond acceptors (Lipinski definition) is 6. The molecule has 2 aromatic heterocycles. The molecule has 1 aliphatic rings. The summed E-state index contributed by atoms with van der Waals surface area (Å²) in [7, 11) is 1.65. The average Bonchev–Trinajstić information content (AvgIpc) is 3.35. The summed E-state index contributed by atoms with van der Waals surface area (Å²) in [5.41, 5.74) is 0.773. The largest absolute Gasteiger partial charge is 0.496 e. The monoisotopic (exact) mass is 458 g/mol. The highest BCUT2D eigenvalue weighted by molar-refractivity contribution is 5.81. The van der Waals surface area contributed by atoms with Gasteiger partial charge in [0.05, 0.1) is 30.8 Å². The fourth-order valence-corrected chi connectivity index (χ4v) is 4.50. The van der Waals surface area contributed by atoms with Crippen LogP contribution in [-0.2, 0) is 17.8 Å². The third kappa shape index (κ3) is 4.44. The average molecular weight is 459 g/mol. The van der Waals surface area contributed by atoms with Crippen molar-refractivity contribution < 1.29 is 13.9 Å². The minimum absolute atomic E-state index is 0.0189. The van der Waals surface area contributed by atoms with Gasteiger partial charge in [0.25, 0.3) is 5.56 Å². The van der Waals surface area contributed by atoms with Gasteiger partial charge in [-0.2, -0.15) is 5.10 Å². The van der Waals surface area contributed by atoms with Crippen LogP contribution in [0.1, 0.15) is 36.0 Å². The Morgan fingerprint density at radius 3 is 2.85 bits per heavy atom. The first-order valence-corrected chi connectivity index (χ1v) is 11.4. The number of aromatic nitrogens is 3. The molecule has 0 N–H and O–H groups in total. The maximum Gasteiger partial charge on any atom is 0.275 e. The van der Waals surface area contributed by atoms with Crippen molar-refractivity contribution in [2.45, 2.75) is 31.7 Å². The molecule has 0 unspecified atom stereocenters. The molecule has 3 heterocycles. The van der Waals surface area contributed by atoms with Gasteiger partial charge in [-0.15, -0.1) is 0 Å². The molecule has 1 saturated heterocycles. The smallest absolute Gasteiger partial charge is 0.275 e. The second-order valence-electron chi connectivity index (χ2n) is 8.53. The summed E-state index contributed by atoms with van der Waals surface area (Å²) in [5, 5.41) is 5.52. The standard InChI is InChI=1S/C26H26N4O4/c1-33-23-11-5-3-7-18(23)13-21-15-27-25(34-21)20-9-6-12-29(16-20)24(31)17-30-26(32)22-10-4-2-8-19(22)14-28-30/h2-5,7-8,10-11,14-15,20H,6,9,12-13,16-17H2,1H3/t20-/m1/s1. The van der Waals surface area contributed by atoms with Gasteiger partial charge in [0.2, 0.25) is 5.91 Å². The van der Waals surface area contributed by atoms with Crippen LogP contribution in [0.2, 0.25) is 0 Å². The Bertz CT molecular complexity index is 1380. The molecular weight excluding hydrogens is 432 g/mol. The number of para-hydroxylation sites is 1. The van der Waals surface area contributed by atoms with E-state index in [0.717, 1.165) is 35.3 Å². The zero-order valence-corrected chi connectivity index (χ0v) is 19.0. The zero-order valence-electron chi connectivity index (χ0n) is 19.0. The van der Waals surface area contributed by atoms with Crippen LogP contribution < -0.4 is 10.3 Å². The molecule has 8 heteroatoms. The minimum Gasteiger partial charge on any atom is -0.496 e. The molecule has 0 aliphatic carbocycles. The molecule has 0 spiro atoms. The molecule has 8 nitrogen and oxygen atoms in total. The lowest BCUT2D eigenvalue weighted by Gasteiger charge is -2.31. The Morgan fingerprint density at radius 2 is 1.97 bits per heavy atom. The Balaban J connectivity index is 1.27. The number of ether oxygens (including phenoxy) is 1. The Kier molecular flexibility index (Phi) is 6.12. The Morgan fingerprint density at radius 1 is 1.15 bits per heavy atom. The maximum atomic E-state index is 13.0. The third-order valence-corrected chi connectivity index (χ3v) is 6.30. The van der Waals surface area contributed by atoms with E-state index in [0.29, 0.717) is 30.8 Å². The number of carbonyl (C=O) groups is 1. The number of methoxy groups -OCH3 is 1. The lowest BCUT2D eigenvalue weighted by atomic mass is 9.98. The molecule has 1 atom stereocenters. The van der Waals surface area contributed by atoms with Gasteiger partial charge in [0, 0.05) is 30.5 Å². The predicted molar refractivity (Wildman–Crippen MR) is 127 cm³/mol. The highest BCUT2D eigenvalue weighted by atomic mass is 16.5. The van der Waals surface area contributed by atoms with E-state index in [1.165, 1.54) is 4.68 Å². The van der Waals surface area contributed by atoms with Gasteiger partial charge in [0.15, 0.2) is 5.89 Å². The molecule has 0 radical (unpaired) electrons. The van der Waals surface area contributed by atoms with E-state index in [1.807, 2.05) is 42.5 Å². The first kappa shape index (κ1) is 21.9. The summed E-state index contributed by atoms with van der Waals surface area (Å²) in [5.74, 6) is 2.10. The van der Waals surface area contributed by atoms with E-state index >= 15 is 0 Å². The van der Waals surface area contributed by atoms with Crippen molar-refractivity contribution >= 4 is 16.7 Å². The van der Waals surface area contributed by atoms with Crippen LogP contribution in [0.3, 0.4) is 0 Å². The summed E-state index contributed by atoms with van der Waals surface area (Å²) >= 11 is 0. The van der Waals surface area contributed by atoms with Crippen LogP contribution in [0.5, 0.6) is 5.75 Å². The van der Waals surface area contributed by atoms with Gasteiger partial charge in [-0.3, -0.25) is 9.59 Å². The molecule has 5 rings (SSSR count). The maximum absolute atomic E-state index is 13.0. The fourth-order valence-electron chi connectivity index (χ4n) is 4.50. The van der Waals surface area contributed by atoms with Gasteiger partial charge >= 0.3 is 0 Å². The molecule has 1 aliphatic heterocycles. The molecule has 34 heavy (non-hydrogen) atoms. The van der Waals surface area contributed by atoms with E-state index in [4.69, 9.17) is 9.15 Å². The van der Waals surface area contributed by atoms with Crippen LogP contribution in [0.15, 0.2) is 70.1 Å². The van der Waals surface area contributed by atoms with Gasteiger partial charge in [0.1, 0.15) is 18.1 Å². The van der Waals surface area contributed by atoms with Crippen molar-refractivity contribution in [3.05, 3.63) is 88.5 Å². The number of amides is 1. The molecule has 1 fully saturated rings. The molecule has 0 saturated carbocycles. The quantitative estimate of drug-likeness (QED) is 0.440. The van der Waals surface area contributed by atoms with Gasteiger partial charge in [-0.1, -0.05) is 36.4 Å². The molecular formula is C26H26N4O4. The SMILES string of the molecule is COc1ccccc1Cc1cnc([C@@H]2CCCN(C(=O)Cn3ncc4ccccc4c3=O)C2)o1. The fraction of sp³-hybridized carbons (Fsp3) is 0.308. The molecule has 4 aromatic rings. The number of rotatable bonds is 6. The summed E-state index contributed by atoms with van der Waals surface area (Å²) in [4.78, 5) is 32.0. The number of nitrogens with zero attached hydrogens (tertiary/aromatic N) is 4. The normalized spacial score (nSPS) is 16.0. The number of oxazole rings is 1. The zero-order chi connectivity index (χ0) is 23.5. The van der Waals surface area contributed by atoms with E-state index < -0.39 is 0 Å². The lowest BCUT2D eigenvalue weighted by molar-refractivity contribution is -0.133. The van der Waals surface area contributed by atoms with Gasteiger partial charge < -0.3 is 14.1 Å². The van der Waals surface area contributed by atoms with Crippen molar-refractivity contribution in [3.8, 4) is 5.75 Å². The van der Waals surface area contributed by atoms with Gasteiger partial charge in [-0.25, -0.2) is 9.67 Å². The van der Waals surface area contributed by atoms with Crippen LogP contribution in [-0.4, -0.2) is 45.8 Å². The van der Waals surface area contributed by atoms with E-state index in [9.17, 15) is 9.59 Å². The second kappa shape index (κ2) is 9.51. The van der Waals surface area contributed by atoms with Crippen LogP contribution in [0.25, 0.3) is 10.8 Å². The van der Waals surface area contributed by atoms with Crippen LogP contribution in [0.4, 0.5) is 0 Å². The van der Waals surface area contributed by atoms with Crippen molar-refractivity contribution in [2.24, 2.45) is 0 Å². The number of fused-ring (bicyclic) bond motifs is 1. The molecule has 1 amide bonds. The van der Waals surface area contributed by atoms with Crippen molar-refractivity contribution in [2.75, 3.05) is 20.2 Å². The first-order valence-electron chi connectivity index (χ1n) is 11.4. The lowest BCUT2D eigenvalue weighted by Crippen LogP contribution is -2.42. The molecule has 174 valence electrons. The highest BCUT2D eigenvalue weighted by Gasteiger charge is 2.28. The summed E-state index contributed by atoms with van der Waals surface area (Å²) in [6.45, 7) is 1.07. The van der Waals surface area contributed by atoms with Gasteiger partial charge in [-0.05, 0) is 25.0 Å². The van der Waals surface area contributed by atoms with E-state index in [2.05, 4.69) is 10.1 Å². The molecule has 0 bridgehead atoms. The summed E-state index contributed by atoms with van der Waals surface area (Å²) < 4.78 is 12.7. The number of benzene rings is 2. The predicted octanol–water partition coefficient (Wildman–Crippen LogP) is 3.39. The number of likely N-dealkylation sites (tertiary alicyclic amines) is 1. The van der Waals surface area contributed by atoms with Crippen LogP contribution >= 0.6 is 0 Å². The summed E-state index contributed by atoms with van der Waals surface area (Å²) in [6, 6.07) is 15.1. The van der Waals surface area contributed by atoms with Crippen molar-refractivity contribution in [1.29, 1.82) is 0 Å². The second-order valence-corrected chi connectivity index (χ2v) is 8.53. The number of hydrogen-bond donors (Lipinski definition) is 0. The first-order chi connectivity index (χ1) is 16.6. The Hall–Kier alpha value is -3.94. The Labute approximate surface area is 196 Å².